The predicted octanol–water partition coefficient (Wildman–Crippen LogP) is 2.11. The summed E-state index contributed by atoms with van der Waals surface area (Å²) in [6.07, 6.45) is 8.24. The number of nitrogens with one attached hydrogen (secondary N) is 1. The van der Waals surface area contributed by atoms with Crippen molar-refractivity contribution in [3.63, 3.8) is 0 Å². The quantitative estimate of drug-likeness (QED) is 0.824. The highest BCUT2D eigenvalue weighted by molar-refractivity contribution is 5.15. The third kappa shape index (κ3) is 1.50. The summed E-state index contributed by atoms with van der Waals surface area (Å²) in [6, 6.07) is 2.44. The van der Waals surface area contributed by atoms with Crippen LogP contribution < -0.4 is 5.32 Å². The van der Waals surface area contributed by atoms with Crippen molar-refractivity contribution >= 4 is 0 Å². The fourth-order valence-electron chi connectivity index (χ4n) is 3.11. The van der Waals surface area contributed by atoms with E-state index >= 15 is 0 Å². The average Bonchev–Trinajstić information content (AvgIpc) is 2.94. The molecule has 0 saturated carbocycles. The molecule has 2 saturated heterocycles. The molecule has 2 fully saturated rings. The van der Waals surface area contributed by atoms with Crippen molar-refractivity contribution in [1.29, 1.82) is 0 Å². The molecule has 0 spiro atoms. The smallest absolute Gasteiger partial charge is 0.0950 e. The Hall–Kier alpha value is -0.800. The average molecular weight is 207 g/mol. The molecular weight excluding hydrogens is 190 g/mol. The van der Waals surface area contributed by atoms with E-state index in [-0.39, 0.29) is 0 Å². The van der Waals surface area contributed by atoms with Crippen LogP contribution in [0.4, 0.5) is 0 Å². The Morgan fingerprint density at radius 3 is 2.93 bits per heavy atom. The van der Waals surface area contributed by atoms with Gasteiger partial charge in [-0.2, -0.15) is 0 Å². The van der Waals surface area contributed by atoms with Crippen molar-refractivity contribution in [2.45, 2.75) is 37.5 Å². The molecule has 1 N–H and O–H groups in total. The normalized spacial score (nSPS) is 35.9. The SMILES string of the molecule is CNC(c1ccoc1)C1CC2CCC1O2. The molecule has 4 unspecified atom stereocenters. The summed E-state index contributed by atoms with van der Waals surface area (Å²) in [5, 5.41) is 3.39. The Morgan fingerprint density at radius 2 is 2.40 bits per heavy atom. The second-order valence-corrected chi connectivity index (χ2v) is 4.60. The fourth-order valence-corrected chi connectivity index (χ4v) is 3.11. The molecule has 0 radical (unpaired) electrons. The number of rotatable bonds is 3. The summed E-state index contributed by atoms with van der Waals surface area (Å²) in [6.45, 7) is 0. The van der Waals surface area contributed by atoms with Crippen molar-refractivity contribution in [3.8, 4) is 0 Å². The van der Waals surface area contributed by atoms with E-state index in [0.717, 1.165) is 0 Å². The molecule has 2 aliphatic heterocycles. The molecule has 0 aliphatic carbocycles. The molecule has 1 aromatic rings. The van der Waals surface area contributed by atoms with Crippen LogP contribution in [0.1, 0.15) is 30.9 Å². The first kappa shape index (κ1) is 9.43. The molecule has 1 aromatic heterocycles. The van der Waals surface area contributed by atoms with Gasteiger partial charge in [0.05, 0.1) is 24.7 Å². The van der Waals surface area contributed by atoms with Crippen LogP contribution in [-0.2, 0) is 4.74 Å². The lowest BCUT2D eigenvalue weighted by atomic mass is 9.82. The second-order valence-electron chi connectivity index (χ2n) is 4.60. The molecule has 3 heteroatoms. The molecule has 82 valence electrons. The Bertz CT molecular complexity index is 322. The zero-order chi connectivity index (χ0) is 10.3. The van der Waals surface area contributed by atoms with Gasteiger partial charge in [0.25, 0.3) is 0 Å². The van der Waals surface area contributed by atoms with Crippen LogP contribution in [0, 0.1) is 5.92 Å². The lowest BCUT2D eigenvalue weighted by Crippen LogP contribution is -2.31. The Morgan fingerprint density at radius 1 is 1.47 bits per heavy atom. The maximum Gasteiger partial charge on any atom is 0.0950 e. The van der Waals surface area contributed by atoms with Crippen LogP contribution in [0.3, 0.4) is 0 Å². The summed E-state index contributed by atoms with van der Waals surface area (Å²) in [7, 11) is 2.02. The van der Waals surface area contributed by atoms with Gasteiger partial charge in [-0.25, -0.2) is 0 Å². The molecule has 2 bridgehead atoms. The van der Waals surface area contributed by atoms with Gasteiger partial charge in [0.1, 0.15) is 0 Å². The van der Waals surface area contributed by atoms with Gasteiger partial charge < -0.3 is 14.5 Å². The minimum absolute atomic E-state index is 0.388. The number of fused-ring (bicyclic) bond motifs is 2. The van der Waals surface area contributed by atoms with Crippen molar-refractivity contribution < 1.29 is 9.15 Å². The van der Waals surface area contributed by atoms with E-state index in [0.29, 0.717) is 24.2 Å². The van der Waals surface area contributed by atoms with E-state index in [1.807, 2.05) is 19.4 Å². The van der Waals surface area contributed by atoms with E-state index in [4.69, 9.17) is 9.15 Å². The molecule has 0 amide bonds. The molecule has 4 atom stereocenters. The van der Waals surface area contributed by atoms with E-state index in [9.17, 15) is 0 Å². The number of hydrogen-bond donors (Lipinski definition) is 1. The minimum atomic E-state index is 0.388. The zero-order valence-corrected chi connectivity index (χ0v) is 8.98. The van der Waals surface area contributed by atoms with E-state index < -0.39 is 0 Å². The number of furan rings is 1. The van der Waals surface area contributed by atoms with Crippen LogP contribution in [0.25, 0.3) is 0 Å². The molecule has 3 rings (SSSR count). The van der Waals surface area contributed by atoms with Crippen molar-refractivity contribution in [2.24, 2.45) is 5.92 Å². The van der Waals surface area contributed by atoms with Crippen molar-refractivity contribution in [3.05, 3.63) is 24.2 Å². The summed E-state index contributed by atoms with van der Waals surface area (Å²) in [5.41, 5.74) is 1.25. The van der Waals surface area contributed by atoms with E-state index in [1.54, 1.807) is 6.26 Å². The van der Waals surface area contributed by atoms with Gasteiger partial charge in [-0.15, -0.1) is 0 Å². The maximum absolute atomic E-state index is 5.90. The van der Waals surface area contributed by atoms with Gasteiger partial charge >= 0.3 is 0 Å². The number of hydrogen-bond acceptors (Lipinski definition) is 3. The molecule has 3 nitrogen and oxygen atoms in total. The largest absolute Gasteiger partial charge is 0.472 e. The highest BCUT2D eigenvalue weighted by Crippen LogP contribution is 2.44. The van der Waals surface area contributed by atoms with Crippen LogP contribution in [0.2, 0.25) is 0 Å². The molecule has 2 aliphatic rings. The minimum Gasteiger partial charge on any atom is -0.472 e. The predicted molar refractivity (Wildman–Crippen MR) is 56.5 cm³/mol. The molecular formula is C12H17NO2. The lowest BCUT2D eigenvalue weighted by Gasteiger charge is -2.27. The highest BCUT2D eigenvalue weighted by atomic mass is 16.5. The lowest BCUT2D eigenvalue weighted by molar-refractivity contribution is 0.0862. The van der Waals surface area contributed by atoms with Crippen LogP contribution in [0.5, 0.6) is 0 Å². The topological polar surface area (TPSA) is 34.4 Å². The monoisotopic (exact) mass is 207 g/mol. The third-order valence-electron chi connectivity index (χ3n) is 3.79. The van der Waals surface area contributed by atoms with Crippen LogP contribution in [0.15, 0.2) is 23.0 Å². The van der Waals surface area contributed by atoms with Crippen LogP contribution in [-0.4, -0.2) is 19.3 Å². The fraction of sp³-hybridized carbons (Fsp3) is 0.667. The highest BCUT2D eigenvalue weighted by Gasteiger charge is 2.44. The Balaban J connectivity index is 1.80. The second kappa shape index (κ2) is 3.65. The maximum atomic E-state index is 5.90. The van der Waals surface area contributed by atoms with Gasteiger partial charge in [0.15, 0.2) is 0 Å². The first-order valence-corrected chi connectivity index (χ1v) is 5.73. The third-order valence-corrected chi connectivity index (χ3v) is 3.79. The first-order chi connectivity index (χ1) is 7.38. The standard InChI is InChI=1S/C12H17NO2/c1-13-12(8-4-5-14-7-8)10-6-9-2-3-11(10)15-9/h4-5,7,9-13H,2-3,6H2,1H3. The zero-order valence-electron chi connectivity index (χ0n) is 8.98. The summed E-state index contributed by atoms with van der Waals surface area (Å²) < 4.78 is 11.1. The molecule has 0 aromatic carbocycles. The van der Waals surface area contributed by atoms with E-state index in [1.165, 1.54) is 24.8 Å². The van der Waals surface area contributed by atoms with Gasteiger partial charge in [-0.05, 0) is 32.4 Å². The Labute approximate surface area is 89.8 Å². The number of ether oxygens (including phenoxy) is 1. The summed E-state index contributed by atoms with van der Waals surface area (Å²) in [4.78, 5) is 0. The molecule has 3 heterocycles. The van der Waals surface area contributed by atoms with Gasteiger partial charge in [0, 0.05) is 17.5 Å². The summed E-state index contributed by atoms with van der Waals surface area (Å²) in [5.74, 6) is 0.617. The van der Waals surface area contributed by atoms with Gasteiger partial charge in [0.2, 0.25) is 0 Å². The van der Waals surface area contributed by atoms with Crippen molar-refractivity contribution in [1.82, 2.24) is 5.32 Å². The molecule has 15 heavy (non-hydrogen) atoms. The Kier molecular flexibility index (Phi) is 2.29. The van der Waals surface area contributed by atoms with Gasteiger partial charge in [-0.1, -0.05) is 0 Å². The van der Waals surface area contributed by atoms with Crippen LogP contribution >= 0.6 is 0 Å². The van der Waals surface area contributed by atoms with Crippen molar-refractivity contribution in [2.75, 3.05) is 7.05 Å². The van der Waals surface area contributed by atoms with E-state index in [2.05, 4.69) is 5.32 Å². The summed E-state index contributed by atoms with van der Waals surface area (Å²) >= 11 is 0. The first-order valence-electron chi connectivity index (χ1n) is 5.73. The van der Waals surface area contributed by atoms with Gasteiger partial charge in [-0.3, -0.25) is 0 Å².